The van der Waals surface area contributed by atoms with E-state index in [0.717, 1.165) is 16.5 Å². The molecule has 3 nitrogen and oxygen atoms in total. The van der Waals surface area contributed by atoms with Crippen LogP contribution in [0.1, 0.15) is 11.1 Å². The Morgan fingerprint density at radius 1 is 1.57 bits per heavy atom. The van der Waals surface area contributed by atoms with Crippen LogP contribution in [0.4, 0.5) is 0 Å². The number of hydrogen-bond acceptors (Lipinski definition) is 3. The molecule has 0 aliphatic rings. The lowest BCUT2D eigenvalue weighted by molar-refractivity contribution is -0.307. The van der Waals surface area contributed by atoms with Gasteiger partial charge in [-0.15, -0.1) is 0 Å². The smallest absolute Gasteiger partial charge is 0.128 e. The van der Waals surface area contributed by atoms with Crippen molar-refractivity contribution in [3.8, 4) is 5.75 Å². The first-order valence-corrected chi connectivity index (χ1v) is 5.23. The highest BCUT2D eigenvalue weighted by Crippen LogP contribution is 2.20. The average molecular weight is 258 g/mol. The van der Waals surface area contributed by atoms with Gasteiger partial charge >= 0.3 is 0 Å². The maximum atomic E-state index is 10.2. The number of aryl methyl sites for hydroxylation is 1. The van der Waals surface area contributed by atoms with Gasteiger partial charge in [-0.05, 0) is 24.1 Å². The number of alkyl halides is 1. The summed E-state index contributed by atoms with van der Waals surface area (Å²) in [4.78, 5) is 10.2. The van der Waals surface area contributed by atoms with E-state index in [1.165, 1.54) is 0 Å². The normalized spacial score (nSPS) is 9.86. The van der Waals surface area contributed by atoms with Gasteiger partial charge in [0.25, 0.3) is 0 Å². The predicted octanol–water partition coefficient (Wildman–Crippen LogP) is 1.02. The minimum Gasteiger partial charge on any atom is -0.546 e. The fraction of sp³-hybridized carbons (Fsp3) is 0.300. The molecule has 0 heterocycles. The van der Waals surface area contributed by atoms with Crippen LogP contribution in [0.25, 0.3) is 0 Å². The standard InChI is InChI=1S/C10H11BrO3/c1-7-4-8(5-11)2-3-9(7)14-6-10(12)13/h2-4H,5-6H2,1H3,(H,12,13)/p-1. The van der Waals surface area contributed by atoms with Gasteiger partial charge in [-0.25, -0.2) is 0 Å². The maximum absolute atomic E-state index is 10.2. The number of hydrogen-bond donors (Lipinski definition) is 0. The quantitative estimate of drug-likeness (QED) is 0.757. The van der Waals surface area contributed by atoms with Crippen molar-refractivity contribution in [2.45, 2.75) is 12.3 Å². The van der Waals surface area contributed by atoms with Crippen molar-refractivity contribution >= 4 is 21.9 Å². The highest BCUT2D eigenvalue weighted by atomic mass is 79.9. The van der Waals surface area contributed by atoms with Crippen LogP contribution in [0.3, 0.4) is 0 Å². The van der Waals surface area contributed by atoms with Crippen molar-refractivity contribution in [2.24, 2.45) is 0 Å². The van der Waals surface area contributed by atoms with Gasteiger partial charge < -0.3 is 14.6 Å². The van der Waals surface area contributed by atoms with E-state index in [1.807, 2.05) is 19.1 Å². The fourth-order valence-corrected chi connectivity index (χ4v) is 1.44. The summed E-state index contributed by atoms with van der Waals surface area (Å²) in [6, 6.07) is 5.58. The van der Waals surface area contributed by atoms with Gasteiger partial charge in [0.1, 0.15) is 12.4 Å². The molecule has 0 radical (unpaired) electrons. The van der Waals surface area contributed by atoms with Crippen LogP contribution in [-0.2, 0) is 10.1 Å². The third-order valence-corrected chi connectivity index (χ3v) is 2.39. The van der Waals surface area contributed by atoms with Gasteiger partial charge in [0.2, 0.25) is 0 Å². The van der Waals surface area contributed by atoms with Gasteiger partial charge in [0.05, 0.1) is 5.97 Å². The SMILES string of the molecule is Cc1cc(CBr)ccc1OCC(=O)[O-]. The summed E-state index contributed by atoms with van der Waals surface area (Å²) in [7, 11) is 0. The summed E-state index contributed by atoms with van der Waals surface area (Å²) in [5.74, 6) is -0.632. The van der Waals surface area contributed by atoms with Crippen molar-refractivity contribution in [2.75, 3.05) is 6.61 Å². The summed E-state index contributed by atoms with van der Waals surface area (Å²) in [6.07, 6.45) is 0. The lowest BCUT2D eigenvalue weighted by Gasteiger charge is -2.10. The van der Waals surface area contributed by atoms with Crippen LogP contribution in [0, 0.1) is 6.92 Å². The van der Waals surface area contributed by atoms with Gasteiger partial charge in [-0.2, -0.15) is 0 Å². The van der Waals surface area contributed by atoms with Crippen molar-refractivity contribution in [1.29, 1.82) is 0 Å². The number of benzene rings is 1. The van der Waals surface area contributed by atoms with Gasteiger partial charge in [0.15, 0.2) is 0 Å². The van der Waals surface area contributed by atoms with Crippen LogP contribution in [0.5, 0.6) is 5.75 Å². The average Bonchev–Trinajstić information content (AvgIpc) is 2.15. The fourth-order valence-electron chi connectivity index (χ4n) is 1.09. The zero-order valence-corrected chi connectivity index (χ0v) is 9.33. The Bertz CT molecular complexity index is 336. The van der Waals surface area contributed by atoms with E-state index < -0.39 is 12.6 Å². The molecule has 0 aliphatic carbocycles. The first-order chi connectivity index (χ1) is 6.63. The maximum Gasteiger partial charge on any atom is 0.128 e. The minimum absolute atomic E-state index is 0.408. The van der Waals surface area contributed by atoms with Crippen LogP contribution in [0.2, 0.25) is 0 Å². The second-order valence-corrected chi connectivity index (χ2v) is 3.45. The molecule has 0 saturated carbocycles. The molecule has 76 valence electrons. The monoisotopic (exact) mass is 257 g/mol. The highest BCUT2D eigenvalue weighted by Gasteiger charge is 2.00. The van der Waals surface area contributed by atoms with Crippen LogP contribution < -0.4 is 9.84 Å². The third-order valence-electron chi connectivity index (χ3n) is 1.74. The van der Waals surface area contributed by atoms with Crippen LogP contribution >= 0.6 is 15.9 Å². The van der Waals surface area contributed by atoms with Gasteiger partial charge in [-0.1, -0.05) is 28.1 Å². The summed E-state index contributed by atoms with van der Waals surface area (Å²) >= 11 is 3.33. The third kappa shape index (κ3) is 3.03. The molecule has 0 aliphatic heterocycles. The Morgan fingerprint density at radius 3 is 2.79 bits per heavy atom. The van der Waals surface area contributed by atoms with E-state index in [4.69, 9.17) is 4.74 Å². The zero-order chi connectivity index (χ0) is 10.6. The van der Waals surface area contributed by atoms with Crippen LogP contribution in [-0.4, -0.2) is 12.6 Å². The molecule has 0 amide bonds. The summed E-state index contributed by atoms with van der Waals surface area (Å²) in [5, 5.41) is 10.9. The minimum atomic E-state index is -1.21. The Hall–Kier alpha value is -1.03. The zero-order valence-electron chi connectivity index (χ0n) is 7.75. The molecule has 0 atom stereocenters. The second kappa shape index (κ2) is 5.00. The van der Waals surface area contributed by atoms with E-state index >= 15 is 0 Å². The second-order valence-electron chi connectivity index (χ2n) is 2.89. The number of ether oxygens (including phenoxy) is 1. The molecule has 0 bridgehead atoms. The number of rotatable bonds is 4. The molecule has 0 unspecified atom stereocenters. The number of aliphatic carboxylic acids is 1. The van der Waals surface area contributed by atoms with E-state index in [0.29, 0.717) is 5.75 Å². The van der Waals surface area contributed by atoms with Gasteiger partial charge in [-0.3, -0.25) is 0 Å². The summed E-state index contributed by atoms with van der Waals surface area (Å²) in [5.41, 5.74) is 2.05. The Balaban J connectivity index is 2.73. The van der Waals surface area contributed by atoms with Crippen LogP contribution in [0.15, 0.2) is 18.2 Å². The molecule has 1 rings (SSSR count). The molecule has 14 heavy (non-hydrogen) atoms. The molecule has 1 aromatic carbocycles. The van der Waals surface area contributed by atoms with E-state index in [-0.39, 0.29) is 0 Å². The Morgan fingerprint density at radius 2 is 2.29 bits per heavy atom. The van der Waals surface area contributed by atoms with Gasteiger partial charge in [0, 0.05) is 5.33 Å². The van der Waals surface area contributed by atoms with Crippen molar-refractivity contribution in [1.82, 2.24) is 0 Å². The molecule has 0 aromatic heterocycles. The van der Waals surface area contributed by atoms with Crippen molar-refractivity contribution in [3.63, 3.8) is 0 Å². The first kappa shape index (κ1) is 11.0. The van der Waals surface area contributed by atoms with E-state index in [1.54, 1.807) is 6.07 Å². The highest BCUT2D eigenvalue weighted by molar-refractivity contribution is 9.08. The largest absolute Gasteiger partial charge is 0.546 e. The van der Waals surface area contributed by atoms with E-state index in [9.17, 15) is 9.90 Å². The number of carbonyl (C=O) groups is 1. The molecule has 0 spiro atoms. The summed E-state index contributed by atoms with van der Waals surface area (Å²) in [6.45, 7) is 1.46. The molecule has 0 N–H and O–H groups in total. The topological polar surface area (TPSA) is 49.4 Å². The lowest BCUT2D eigenvalue weighted by atomic mass is 10.1. The summed E-state index contributed by atoms with van der Waals surface area (Å²) < 4.78 is 5.02. The molecule has 4 heteroatoms. The molecule has 1 aromatic rings. The number of carboxylic acid groups (broad SMARTS) is 1. The molecule has 0 fully saturated rings. The van der Waals surface area contributed by atoms with E-state index in [2.05, 4.69) is 15.9 Å². The Labute approximate surface area is 90.8 Å². The molecular formula is C10H10BrO3-. The molecular weight excluding hydrogens is 248 g/mol. The Kier molecular flexibility index (Phi) is 3.95. The molecule has 0 saturated heterocycles. The first-order valence-electron chi connectivity index (χ1n) is 4.11. The number of halogens is 1. The number of carbonyl (C=O) groups excluding carboxylic acids is 1. The number of carboxylic acids is 1. The van der Waals surface area contributed by atoms with Crippen molar-refractivity contribution < 1.29 is 14.6 Å². The van der Waals surface area contributed by atoms with Crippen molar-refractivity contribution in [3.05, 3.63) is 29.3 Å². The predicted molar refractivity (Wildman–Crippen MR) is 54.3 cm³/mol. The lowest BCUT2D eigenvalue weighted by Crippen LogP contribution is -2.29.